The van der Waals surface area contributed by atoms with Crippen LogP contribution in [0.2, 0.25) is 0 Å². The zero-order valence-corrected chi connectivity index (χ0v) is 9.45. The van der Waals surface area contributed by atoms with Gasteiger partial charge in [0.15, 0.2) is 6.17 Å². The molecule has 82 valence electrons. The minimum absolute atomic E-state index is 0.236. The summed E-state index contributed by atoms with van der Waals surface area (Å²) >= 11 is 1.37. The molecule has 1 aromatic carbocycles. The molecule has 16 heavy (non-hydrogen) atoms. The molecule has 5 heteroatoms. The molecule has 1 atom stereocenters. The maximum atomic E-state index is 11.7. The Morgan fingerprint density at radius 3 is 2.56 bits per heavy atom. The van der Waals surface area contributed by atoms with Gasteiger partial charge in [0.25, 0.3) is 5.91 Å². The Labute approximate surface area is 97.1 Å². The van der Waals surface area contributed by atoms with Gasteiger partial charge in [-0.2, -0.15) is 0 Å². The average Bonchev–Trinajstić information content (AvgIpc) is 2.66. The Morgan fingerprint density at radius 2 is 2.00 bits per heavy atom. The van der Waals surface area contributed by atoms with Gasteiger partial charge in [0.2, 0.25) is 0 Å². The molecule has 0 spiro atoms. The molecule has 0 aromatic heterocycles. The van der Waals surface area contributed by atoms with Gasteiger partial charge in [-0.3, -0.25) is 4.79 Å². The van der Waals surface area contributed by atoms with Crippen LogP contribution in [0.15, 0.2) is 40.4 Å². The van der Waals surface area contributed by atoms with Crippen molar-refractivity contribution in [2.75, 3.05) is 6.26 Å². The van der Waals surface area contributed by atoms with Crippen molar-refractivity contribution in [2.24, 2.45) is 5.18 Å². The van der Waals surface area contributed by atoms with Gasteiger partial charge in [-0.25, -0.2) is 0 Å². The molecular formula is C11H10N2O2S. The molecule has 1 aliphatic heterocycles. The fourth-order valence-electron chi connectivity index (χ4n) is 1.68. The smallest absolute Gasteiger partial charge is 0.254 e. The Hall–Kier alpha value is -1.62. The van der Waals surface area contributed by atoms with E-state index in [1.165, 1.54) is 11.8 Å². The van der Waals surface area contributed by atoms with Gasteiger partial charge in [-0.05, 0) is 17.0 Å². The lowest BCUT2D eigenvalue weighted by Crippen LogP contribution is -2.26. The van der Waals surface area contributed by atoms with Gasteiger partial charge in [0, 0.05) is 4.91 Å². The summed E-state index contributed by atoms with van der Waals surface area (Å²) in [6.45, 7) is 0. The first kappa shape index (κ1) is 10.9. The van der Waals surface area contributed by atoms with E-state index in [1.807, 2.05) is 36.6 Å². The molecule has 1 N–H and O–H groups in total. The lowest BCUT2D eigenvalue weighted by Gasteiger charge is -2.03. The van der Waals surface area contributed by atoms with Crippen molar-refractivity contribution >= 4 is 23.2 Å². The monoisotopic (exact) mass is 234 g/mol. The molecule has 0 bridgehead atoms. The minimum Gasteiger partial charge on any atom is -0.323 e. The second kappa shape index (κ2) is 4.49. The van der Waals surface area contributed by atoms with Crippen LogP contribution in [-0.2, 0) is 4.79 Å². The van der Waals surface area contributed by atoms with Crippen LogP contribution in [0.25, 0.3) is 5.57 Å². The fourth-order valence-corrected chi connectivity index (χ4v) is 2.42. The Morgan fingerprint density at radius 1 is 1.31 bits per heavy atom. The van der Waals surface area contributed by atoms with Gasteiger partial charge < -0.3 is 5.32 Å². The van der Waals surface area contributed by atoms with Gasteiger partial charge >= 0.3 is 0 Å². The number of rotatable bonds is 3. The van der Waals surface area contributed by atoms with E-state index in [4.69, 9.17) is 0 Å². The Kier molecular flexibility index (Phi) is 3.05. The van der Waals surface area contributed by atoms with Gasteiger partial charge in [-0.1, -0.05) is 30.3 Å². The summed E-state index contributed by atoms with van der Waals surface area (Å²) in [5.41, 5.74) is 1.37. The van der Waals surface area contributed by atoms with Crippen molar-refractivity contribution in [3.63, 3.8) is 0 Å². The van der Waals surface area contributed by atoms with E-state index < -0.39 is 6.17 Å². The van der Waals surface area contributed by atoms with Crippen LogP contribution < -0.4 is 5.32 Å². The Balaban J connectivity index is 2.51. The number of hydrogen-bond acceptors (Lipinski definition) is 4. The van der Waals surface area contributed by atoms with Crippen LogP contribution in [0.3, 0.4) is 0 Å². The molecule has 0 radical (unpaired) electrons. The predicted molar refractivity (Wildman–Crippen MR) is 64.6 cm³/mol. The van der Waals surface area contributed by atoms with Crippen molar-refractivity contribution in [1.29, 1.82) is 0 Å². The van der Waals surface area contributed by atoms with Crippen LogP contribution in [0, 0.1) is 4.91 Å². The van der Waals surface area contributed by atoms with Gasteiger partial charge in [0.05, 0.1) is 5.57 Å². The van der Waals surface area contributed by atoms with Gasteiger partial charge in [-0.15, -0.1) is 16.7 Å². The van der Waals surface area contributed by atoms with Crippen LogP contribution in [0.4, 0.5) is 0 Å². The number of nitrogens with zero attached hydrogens (tertiary/aromatic N) is 1. The first-order chi connectivity index (χ1) is 7.77. The molecule has 1 heterocycles. The molecule has 1 aromatic rings. The van der Waals surface area contributed by atoms with Crippen molar-refractivity contribution in [3.8, 4) is 0 Å². The zero-order chi connectivity index (χ0) is 11.5. The first-order valence-electron chi connectivity index (χ1n) is 4.75. The molecule has 1 unspecified atom stereocenters. The predicted octanol–water partition coefficient (Wildman–Crippen LogP) is 1.98. The Bertz CT molecular complexity index is 456. The van der Waals surface area contributed by atoms with Crippen LogP contribution in [0.1, 0.15) is 5.56 Å². The highest BCUT2D eigenvalue weighted by molar-refractivity contribution is 8.02. The standard InChI is InChI=1S/C11H10N2O2S/c1-16-9-8(7-5-3-2-4-6-7)11(14)12-10(9)13-15/h2-6,10H,1H3,(H,12,14). The number of thioether (sulfide) groups is 1. The molecule has 4 nitrogen and oxygen atoms in total. The van der Waals surface area contributed by atoms with E-state index in [0.29, 0.717) is 10.5 Å². The van der Waals surface area contributed by atoms with Crippen LogP contribution >= 0.6 is 11.8 Å². The largest absolute Gasteiger partial charge is 0.323 e. The molecular weight excluding hydrogens is 224 g/mol. The summed E-state index contributed by atoms with van der Waals surface area (Å²) in [4.78, 5) is 23.0. The fraction of sp³-hybridized carbons (Fsp3) is 0.182. The summed E-state index contributed by atoms with van der Waals surface area (Å²) in [5.74, 6) is -0.236. The molecule has 1 amide bonds. The summed E-state index contributed by atoms with van der Waals surface area (Å²) in [6.07, 6.45) is 1.09. The summed E-state index contributed by atoms with van der Waals surface area (Å²) in [5, 5.41) is 5.45. The second-order valence-electron chi connectivity index (χ2n) is 3.29. The van der Waals surface area contributed by atoms with E-state index in [-0.39, 0.29) is 5.91 Å². The normalized spacial score (nSPS) is 19.8. The third kappa shape index (κ3) is 1.74. The van der Waals surface area contributed by atoms with Crippen molar-refractivity contribution < 1.29 is 4.79 Å². The molecule has 0 saturated carbocycles. The lowest BCUT2D eigenvalue weighted by atomic mass is 10.1. The molecule has 2 rings (SSSR count). The average molecular weight is 234 g/mol. The van der Waals surface area contributed by atoms with Gasteiger partial charge in [0.1, 0.15) is 0 Å². The number of benzene rings is 1. The number of nitroso groups, excluding NO2 is 1. The number of carbonyl (C=O) groups excluding carboxylic acids is 1. The van der Waals surface area contributed by atoms with E-state index in [1.54, 1.807) is 0 Å². The number of nitrogens with one attached hydrogen (secondary N) is 1. The third-order valence-electron chi connectivity index (χ3n) is 2.38. The van der Waals surface area contributed by atoms with E-state index in [0.717, 1.165) is 5.56 Å². The van der Waals surface area contributed by atoms with Crippen LogP contribution in [-0.4, -0.2) is 18.3 Å². The highest BCUT2D eigenvalue weighted by atomic mass is 32.2. The molecule has 0 fully saturated rings. The number of carbonyl (C=O) groups is 1. The quantitative estimate of drug-likeness (QED) is 0.813. The van der Waals surface area contributed by atoms with Crippen molar-refractivity contribution in [1.82, 2.24) is 5.32 Å². The van der Waals surface area contributed by atoms with E-state index in [2.05, 4.69) is 10.5 Å². The lowest BCUT2D eigenvalue weighted by molar-refractivity contribution is -0.115. The number of hydrogen-bond donors (Lipinski definition) is 1. The SMILES string of the molecule is CSC1=C(c2ccccc2)C(=O)NC1N=O. The zero-order valence-electron chi connectivity index (χ0n) is 8.64. The van der Waals surface area contributed by atoms with Crippen molar-refractivity contribution in [2.45, 2.75) is 6.17 Å². The summed E-state index contributed by atoms with van der Waals surface area (Å²) in [6, 6.07) is 9.28. The van der Waals surface area contributed by atoms with E-state index >= 15 is 0 Å². The minimum atomic E-state index is -0.738. The molecule has 0 aliphatic carbocycles. The topological polar surface area (TPSA) is 58.5 Å². The number of amides is 1. The van der Waals surface area contributed by atoms with E-state index in [9.17, 15) is 9.70 Å². The highest BCUT2D eigenvalue weighted by Gasteiger charge is 2.32. The molecule has 1 aliphatic rings. The molecule has 0 saturated heterocycles. The van der Waals surface area contributed by atoms with Crippen LogP contribution in [0.5, 0.6) is 0 Å². The van der Waals surface area contributed by atoms with Crippen molar-refractivity contribution in [3.05, 3.63) is 45.7 Å². The first-order valence-corrected chi connectivity index (χ1v) is 5.97. The summed E-state index contributed by atoms with van der Waals surface area (Å²) in [7, 11) is 0. The highest BCUT2D eigenvalue weighted by Crippen LogP contribution is 2.33. The second-order valence-corrected chi connectivity index (χ2v) is 4.14. The maximum Gasteiger partial charge on any atom is 0.254 e. The summed E-state index contributed by atoms with van der Waals surface area (Å²) < 4.78 is 0. The third-order valence-corrected chi connectivity index (χ3v) is 3.24. The maximum absolute atomic E-state index is 11.7.